The van der Waals surface area contributed by atoms with E-state index >= 15 is 0 Å². The Balaban J connectivity index is 1.60. The minimum Gasteiger partial charge on any atom is -0.398 e. The Morgan fingerprint density at radius 1 is 1.24 bits per heavy atom. The number of nitrogens with two attached hydrogens (primary N) is 1. The number of likely N-dealkylation sites (N-methyl/N-ethyl adjacent to an activating group) is 1. The smallest absolute Gasteiger partial charge is 0.0416 e. The van der Waals surface area contributed by atoms with Crippen LogP contribution < -0.4 is 5.73 Å². The molecule has 0 aliphatic heterocycles. The van der Waals surface area contributed by atoms with Crippen LogP contribution in [0.3, 0.4) is 0 Å². The van der Waals surface area contributed by atoms with Gasteiger partial charge in [-0.1, -0.05) is 18.2 Å². The molecular weight excluding hydrogens is 258 g/mol. The molecule has 0 fully saturated rings. The summed E-state index contributed by atoms with van der Waals surface area (Å²) in [6.07, 6.45) is 6.28. The highest BCUT2D eigenvalue weighted by molar-refractivity contribution is 5.52. The van der Waals surface area contributed by atoms with Crippen molar-refractivity contribution in [2.45, 2.75) is 31.7 Å². The van der Waals surface area contributed by atoms with E-state index in [4.69, 9.17) is 5.73 Å². The number of aromatic nitrogens is 1. The van der Waals surface area contributed by atoms with E-state index in [9.17, 15) is 0 Å². The first-order chi connectivity index (χ1) is 10.2. The maximum atomic E-state index is 6.08. The minimum atomic E-state index is 0.614. The second-order valence-electron chi connectivity index (χ2n) is 5.93. The third-order valence-corrected chi connectivity index (χ3v) is 4.56. The number of hydrogen-bond acceptors (Lipinski definition) is 3. The average molecular weight is 281 g/mol. The van der Waals surface area contributed by atoms with E-state index in [0.717, 1.165) is 31.5 Å². The van der Waals surface area contributed by atoms with Gasteiger partial charge in [0.05, 0.1) is 0 Å². The molecule has 1 aromatic heterocycles. The van der Waals surface area contributed by atoms with Crippen molar-refractivity contribution in [3.05, 3.63) is 59.4 Å². The number of anilines is 1. The molecule has 1 unspecified atom stereocenters. The van der Waals surface area contributed by atoms with Crippen LogP contribution in [0, 0.1) is 0 Å². The highest BCUT2D eigenvalue weighted by atomic mass is 15.1. The molecule has 3 nitrogen and oxygen atoms in total. The van der Waals surface area contributed by atoms with E-state index in [-0.39, 0.29) is 0 Å². The van der Waals surface area contributed by atoms with Crippen LogP contribution in [0.5, 0.6) is 0 Å². The van der Waals surface area contributed by atoms with Gasteiger partial charge in [-0.05, 0) is 55.6 Å². The van der Waals surface area contributed by atoms with Gasteiger partial charge in [0.15, 0.2) is 0 Å². The van der Waals surface area contributed by atoms with Gasteiger partial charge in [0.2, 0.25) is 0 Å². The lowest BCUT2D eigenvalue weighted by Gasteiger charge is -2.33. The van der Waals surface area contributed by atoms with Gasteiger partial charge in [-0.15, -0.1) is 0 Å². The van der Waals surface area contributed by atoms with E-state index in [1.807, 2.05) is 18.3 Å². The molecule has 1 aliphatic carbocycles. The molecule has 0 spiro atoms. The van der Waals surface area contributed by atoms with Crippen molar-refractivity contribution in [2.24, 2.45) is 0 Å². The van der Waals surface area contributed by atoms with E-state index in [2.05, 4.69) is 41.2 Å². The number of pyridine rings is 1. The van der Waals surface area contributed by atoms with Crippen LogP contribution in [0.25, 0.3) is 0 Å². The second kappa shape index (κ2) is 6.27. The first kappa shape index (κ1) is 14.1. The number of nitrogen functional groups attached to an aromatic ring is 1. The van der Waals surface area contributed by atoms with Crippen LogP contribution in [0.2, 0.25) is 0 Å². The molecule has 0 saturated carbocycles. The summed E-state index contributed by atoms with van der Waals surface area (Å²) in [5.41, 5.74) is 11.0. The van der Waals surface area contributed by atoms with Crippen LogP contribution >= 0.6 is 0 Å². The normalized spacial score (nSPS) is 17.7. The largest absolute Gasteiger partial charge is 0.398 e. The summed E-state index contributed by atoms with van der Waals surface area (Å²) in [5.74, 6) is 0. The topological polar surface area (TPSA) is 42.2 Å². The van der Waals surface area contributed by atoms with E-state index in [1.165, 1.54) is 23.2 Å². The molecule has 2 N–H and O–H groups in total. The summed E-state index contributed by atoms with van der Waals surface area (Å²) in [4.78, 5) is 6.87. The first-order valence-electron chi connectivity index (χ1n) is 7.70. The SMILES string of the molecule is CN(CCc1ccccn1)C1CCc2c(N)cccc2C1. The van der Waals surface area contributed by atoms with Gasteiger partial charge in [-0.3, -0.25) is 4.98 Å². The Morgan fingerprint density at radius 2 is 2.14 bits per heavy atom. The second-order valence-corrected chi connectivity index (χ2v) is 5.93. The van der Waals surface area contributed by atoms with Crippen molar-refractivity contribution >= 4 is 5.69 Å². The summed E-state index contributed by atoms with van der Waals surface area (Å²) in [6, 6.07) is 13.1. The van der Waals surface area contributed by atoms with Crippen LogP contribution in [-0.2, 0) is 19.3 Å². The lowest BCUT2D eigenvalue weighted by molar-refractivity contribution is 0.224. The van der Waals surface area contributed by atoms with Crippen molar-refractivity contribution in [3.8, 4) is 0 Å². The fraction of sp³-hybridized carbons (Fsp3) is 0.389. The molecule has 0 amide bonds. The molecule has 1 aliphatic rings. The Labute approximate surface area is 126 Å². The molecule has 21 heavy (non-hydrogen) atoms. The molecule has 3 rings (SSSR count). The van der Waals surface area contributed by atoms with Gasteiger partial charge in [-0.2, -0.15) is 0 Å². The molecule has 1 aromatic carbocycles. The zero-order chi connectivity index (χ0) is 14.7. The van der Waals surface area contributed by atoms with Gasteiger partial charge in [0.1, 0.15) is 0 Å². The highest BCUT2D eigenvalue weighted by Crippen LogP contribution is 2.28. The monoisotopic (exact) mass is 281 g/mol. The molecule has 0 radical (unpaired) electrons. The van der Waals surface area contributed by atoms with E-state index in [1.54, 1.807) is 0 Å². The zero-order valence-corrected chi connectivity index (χ0v) is 12.6. The summed E-state index contributed by atoms with van der Waals surface area (Å²) in [5, 5.41) is 0. The summed E-state index contributed by atoms with van der Waals surface area (Å²) >= 11 is 0. The minimum absolute atomic E-state index is 0.614. The molecule has 0 bridgehead atoms. The van der Waals surface area contributed by atoms with Crippen LogP contribution in [-0.4, -0.2) is 29.5 Å². The first-order valence-corrected chi connectivity index (χ1v) is 7.70. The lowest BCUT2D eigenvalue weighted by atomic mass is 9.86. The fourth-order valence-corrected chi connectivity index (χ4v) is 3.21. The third kappa shape index (κ3) is 3.24. The summed E-state index contributed by atoms with van der Waals surface area (Å²) < 4.78 is 0. The predicted octanol–water partition coefficient (Wildman–Crippen LogP) is 2.70. The summed E-state index contributed by atoms with van der Waals surface area (Å²) in [7, 11) is 2.23. The van der Waals surface area contributed by atoms with Crippen LogP contribution in [0.15, 0.2) is 42.6 Å². The van der Waals surface area contributed by atoms with Gasteiger partial charge in [0.25, 0.3) is 0 Å². The van der Waals surface area contributed by atoms with Gasteiger partial charge in [0, 0.05) is 36.6 Å². The highest BCUT2D eigenvalue weighted by Gasteiger charge is 2.22. The number of rotatable bonds is 4. The number of nitrogens with zero attached hydrogens (tertiary/aromatic N) is 2. The Hall–Kier alpha value is -1.87. The van der Waals surface area contributed by atoms with E-state index < -0.39 is 0 Å². The van der Waals surface area contributed by atoms with Crippen molar-refractivity contribution in [1.29, 1.82) is 0 Å². The standard InChI is InChI=1S/C18H23N3/c1-21(12-10-15-6-2-3-11-20-15)16-8-9-17-14(13-16)5-4-7-18(17)19/h2-7,11,16H,8-10,12-13,19H2,1H3. The van der Waals surface area contributed by atoms with Crippen molar-refractivity contribution in [2.75, 3.05) is 19.3 Å². The van der Waals surface area contributed by atoms with Gasteiger partial charge < -0.3 is 10.6 Å². The third-order valence-electron chi connectivity index (χ3n) is 4.56. The maximum absolute atomic E-state index is 6.08. The molecule has 2 aromatic rings. The molecule has 1 heterocycles. The average Bonchev–Trinajstić information content (AvgIpc) is 2.53. The molecule has 0 saturated heterocycles. The Morgan fingerprint density at radius 3 is 2.95 bits per heavy atom. The lowest BCUT2D eigenvalue weighted by Crippen LogP contribution is -2.37. The Bertz CT molecular complexity index is 595. The zero-order valence-electron chi connectivity index (χ0n) is 12.6. The maximum Gasteiger partial charge on any atom is 0.0416 e. The van der Waals surface area contributed by atoms with E-state index in [0.29, 0.717) is 6.04 Å². The molecule has 1 atom stereocenters. The molecular formula is C18H23N3. The van der Waals surface area contributed by atoms with Gasteiger partial charge >= 0.3 is 0 Å². The Kier molecular flexibility index (Phi) is 4.20. The van der Waals surface area contributed by atoms with Crippen molar-refractivity contribution < 1.29 is 0 Å². The van der Waals surface area contributed by atoms with Crippen LogP contribution in [0.4, 0.5) is 5.69 Å². The number of hydrogen-bond donors (Lipinski definition) is 1. The van der Waals surface area contributed by atoms with Crippen LogP contribution in [0.1, 0.15) is 23.2 Å². The molecule has 3 heteroatoms. The van der Waals surface area contributed by atoms with Gasteiger partial charge in [-0.25, -0.2) is 0 Å². The summed E-state index contributed by atoms with van der Waals surface area (Å²) in [6.45, 7) is 1.05. The number of benzene rings is 1. The van der Waals surface area contributed by atoms with Crippen molar-refractivity contribution in [3.63, 3.8) is 0 Å². The quantitative estimate of drug-likeness (QED) is 0.876. The predicted molar refractivity (Wildman–Crippen MR) is 87.2 cm³/mol. The van der Waals surface area contributed by atoms with Crippen molar-refractivity contribution in [1.82, 2.24) is 9.88 Å². The molecule has 110 valence electrons. The fourth-order valence-electron chi connectivity index (χ4n) is 3.21. The number of fused-ring (bicyclic) bond motifs is 1.